The summed E-state index contributed by atoms with van der Waals surface area (Å²) < 4.78 is 0. The summed E-state index contributed by atoms with van der Waals surface area (Å²) in [5, 5.41) is 0. The third-order valence-electron chi connectivity index (χ3n) is 3.44. The summed E-state index contributed by atoms with van der Waals surface area (Å²) in [7, 11) is 2.17. The van der Waals surface area contributed by atoms with Gasteiger partial charge in [0, 0.05) is 19.3 Å². The molecule has 0 fully saturated rings. The second kappa shape index (κ2) is 8.66. The van der Waals surface area contributed by atoms with E-state index in [9.17, 15) is 0 Å². The Morgan fingerprint density at radius 1 is 1.19 bits per heavy atom. The molecular weight excluding hydrogens is 194 g/mol. The quantitative estimate of drug-likeness (QED) is 0.550. The maximum atomic E-state index is 4.18. The lowest BCUT2D eigenvalue weighted by atomic mass is 10.0. The Morgan fingerprint density at radius 2 is 1.81 bits per heavy atom. The smallest absolute Gasteiger partial charge is 0.0174 e. The van der Waals surface area contributed by atoms with Crippen LogP contribution >= 0.6 is 0 Å². The number of allylic oxidation sites excluding steroid dienone is 1. The van der Waals surface area contributed by atoms with E-state index < -0.39 is 0 Å². The van der Waals surface area contributed by atoms with Crippen LogP contribution in [0, 0.1) is 11.8 Å². The molecule has 0 heterocycles. The zero-order valence-electron chi connectivity index (χ0n) is 12.1. The van der Waals surface area contributed by atoms with Crippen LogP contribution in [0.15, 0.2) is 12.3 Å². The standard InChI is InChI=1S/C15H31N/c1-7-14(4)9-8-10-15(5)16(6)12-11-13(2)3/h13-14H,5,7-12H2,1-4,6H3. The highest BCUT2D eigenvalue weighted by Gasteiger charge is 2.04. The second-order valence-corrected chi connectivity index (χ2v) is 5.58. The van der Waals surface area contributed by atoms with Gasteiger partial charge in [0.15, 0.2) is 0 Å². The molecule has 0 aliphatic heterocycles. The predicted octanol–water partition coefficient (Wildman–Crippen LogP) is 4.69. The van der Waals surface area contributed by atoms with E-state index in [1.54, 1.807) is 0 Å². The molecule has 1 nitrogen and oxygen atoms in total. The van der Waals surface area contributed by atoms with Crippen LogP contribution in [-0.4, -0.2) is 18.5 Å². The minimum Gasteiger partial charge on any atom is -0.378 e. The summed E-state index contributed by atoms with van der Waals surface area (Å²) in [4.78, 5) is 2.33. The van der Waals surface area contributed by atoms with Gasteiger partial charge < -0.3 is 4.90 Å². The molecule has 0 aromatic carbocycles. The van der Waals surface area contributed by atoms with Crippen molar-refractivity contribution in [1.82, 2.24) is 4.90 Å². The molecule has 0 aromatic rings. The van der Waals surface area contributed by atoms with Crippen LogP contribution in [-0.2, 0) is 0 Å². The van der Waals surface area contributed by atoms with Gasteiger partial charge in [0.25, 0.3) is 0 Å². The van der Waals surface area contributed by atoms with Gasteiger partial charge in [-0.1, -0.05) is 47.1 Å². The van der Waals surface area contributed by atoms with Gasteiger partial charge in [-0.2, -0.15) is 0 Å². The van der Waals surface area contributed by atoms with Crippen LogP contribution in [0.4, 0.5) is 0 Å². The van der Waals surface area contributed by atoms with E-state index in [1.165, 1.54) is 37.8 Å². The Labute approximate surface area is 103 Å². The van der Waals surface area contributed by atoms with Crippen molar-refractivity contribution in [3.63, 3.8) is 0 Å². The van der Waals surface area contributed by atoms with E-state index in [4.69, 9.17) is 0 Å². The fraction of sp³-hybridized carbons (Fsp3) is 0.867. The molecule has 1 atom stereocenters. The maximum absolute atomic E-state index is 4.18. The minimum absolute atomic E-state index is 0.787. The first-order valence-corrected chi connectivity index (χ1v) is 6.86. The number of rotatable bonds is 9. The molecule has 16 heavy (non-hydrogen) atoms. The molecule has 0 aromatic heterocycles. The summed E-state index contributed by atoms with van der Waals surface area (Å²) >= 11 is 0. The normalized spacial score (nSPS) is 12.9. The molecule has 0 amide bonds. The monoisotopic (exact) mass is 225 g/mol. The molecule has 0 aliphatic carbocycles. The van der Waals surface area contributed by atoms with Gasteiger partial charge in [-0.15, -0.1) is 0 Å². The molecule has 0 aliphatic rings. The largest absolute Gasteiger partial charge is 0.378 e. The zero-order chi connectivity index (χ0) is 12.6. The van der Waals surface area contributed by atoms with Crippen molar-refractivity contribution < 1.29 is 0 Å². The molecule has 1 heteroatoms. The average molecular weight is 225 g/mol. The lowest BCUT2D eigenvalue weighted by molar-refractivity contribution is 0.359. The summed E-state index contributed by atoms with van der Waals surface area (Å²) in [6.07, 6.45) is 6.36. The van der Waals surface area contributed by atoms with Gasteiger partial charge in [0.2, 0.25) is 0 Å². The van der Waals surface area contributed by atoms with Crippen molar-refractivity contribution >= 4 is 0 Å². The van der Waals surface area contributed by atoms with E-state index in [2.05, 4.69) is 46.2 Å². The van der Waals surface area contributed by atoms with Crippen LogP contribution in [0.5, 0.6) is 0 Å². The van der Waals surface area contributed by atoms with Crippen LogP contribution < -0.4 is 0 Å². The van der Waals surface area contributed by atoms with Crippen molar-refractivity contribution in [2.24, 2.45) is 11.8 Å². The van der Waals surface area contributed by atoms with Crippen molar-refractivity contribution in [2.45, 2.75) is 59.8 Å². The van der Waals surface area contributed by atoms with Crippen molar-refractivity contribution in [1.29, 1.82) is 0 Å². The SMILES string of the molecule is C=C(CCCC(C)CC)N(C)CCC(C)C. The number of nitrogens with zero attached hydrogens (tertiary/aromatic N) is 1. The second-order valence-electron chi connectivity index (χ2n) is 5.58. The number of hydrogen-bond acceptors (Lipinski definition) is 1. The summed E-state index contributed by atoms with van der Waals surface area (Å²) in [6, 6.07) is 0. The van der Waals surface area contributed by atoms with Gasteiger partial charge in [-0.3, -0.25) is 0 Å². The molecule has 1 unspecified atom stereocenters. The fourth-order valence-corrected chi connectivity index (χ4v) is 1.66. The van der Waals surface area contributed by atoms with Crippen molar-refractivity contribution in [3.8, 4) is 0 Å². The van der Waals surface area contributed by atoms with E-state index in [0.29, 0.717) is 0 Å². The fourth-order valence-electron chi connectivity index (χ4n) is 1.66. The first-order valence-electron chi connectivity index (χ1n) is 6.86. The first-order chi connectivity index (χ1) is 7.47. The molecule has 96 valence electrons. The summed E-state index contributed by atoms with van der Waals surface area (Å²) in [5.74, 6) is 1.66. The van der Waals surface area contributed by atoms with Crippen LogP contribution in [0.3, 0.4) is 0 Å². The van der Waals surface area contributed by atoms with Crippen molar-refractivity contribution in [3.05, 3.63) is 12.3 Å². The van der Waals surface area contributed by atoms with Crippen LogP contribution in [0.25, 0.3) is 0 Å². The predicted molar refractivity (Wildman–Crippen MR) is 74.5 cm³/mol. The van der Waals surface area contributed by atoms with Gasteiger partial charge in [-0.25, -0.2) is 0 Å². The highest BCUT2D eigenvalue weighted by molar-refractivity contribution is 4.92. The van der Waals surface area contributed by atoms with Gasteiger partial charge >= 0.3 is 0 Å². The summed E-state index contributed by atoms with van der Waals surface area (Å²) in [5.41, 5.74) is 1.31. The molecule has 0 saturated heterocycles. The van der Waals surface area contributed by atoms with E-state index in [0.717, 1.165) is 18.4 Å². The van der Waals surface area contributed by atoms with E-state index >= 15 is 0 Å². The lowest BCUT2D eigenvalue weighted by Crippen LogP contribution is -2.19. The Bertz CT molecular complexity index is 184. The Hall–Kier alpha value is -0.460. The molecule has 0 radical (unpaired) electrons. The topological polar surface area (TPSA) is 3.24 Å². The first kappa shape index (κ1) is 15.5. The minimum atomic E-state index is 0.787. The molecule has 0 bridgehead atoms. The number of hydrogen-bond donors (Lipinski definition) is 0. The molecule has 0 N–H and O–H groups in total. The molecule has 0 spiro atoms. The Morgan fingerprint density at radius 3 is 2.31 bits per heavy atom. The van der Waals surface area contributed by atoms with Crippen LogP contribution in [0.2, 0.25) is 0 Å². The molecular formula is C15H31N. The molecule has 0 saturated carbocycles. The third-order valence-corrected chi connectivity index (χ3v) is 3.44. The Balaban J connectivity index is 3.63. The van der Waals surface area contributed by atoms with E-state index in [1.807, 2.05) is 0 Å². The zero-order valence-corrected chi connectivity index (χ0v) is 12.1. The van der Waals surface area contributed by atoms with Crippen molar-refractivity contribution in [2.75, 3.05) is 13.6 Å². The highest BCUT2D eigenvalue weighted by Crippen LogP contribution is 2.16. The van der Waals surface area contributed by atoms with Gasteiger partial charge in [0.05, 0.1) is 0 Å². The van der Waals surface area contributed by atoms with E-state index in [-0.39, 0.29) is 0 Å². The van der Waals surface area contributed by atoms with Gasteiger partial charge in [-0.05, 0) is 31.1 Å². The Kier molecular flexibility index (Phi) is 8.42. The summed E-state index contributed by atoms with van der Waals surface area (Å²) in [6.45, 7) is 14.5. The average Bonchev–Trinajstić information content (AvgIpc) is 2.25. The maximum Gasteiger partial charge on any atom is 0.0174 e. The molecule has 0 rings (SSSR count). The van der Waals surface area contributed by atoms with Crippen LogP contribution in [0.1, 0.15) is 59.8 Å². The highest BCUT2D eigenvalue weighted by atomic mass is 15.1. The van der Waals surface area contributed by atoms with Gasteiger partial charge in [0.1, 0.15) is 0 Å². The third kappa shape index (κ3) is 7.78. The lowest BCUT2D eigenvalue weighted by Gasteiger charge is -2.23.